The van der Waals surface area contributed by atoms with Crippen LogP contribution in [0.1, 0.15) is 30.4 Å². The quantitative estimate of drug-likeness (QED) is 0.787. The molecule has 2 aliphatic heterocycles. The summed E-state index contributed by atoms with van der Waals surface area (Å²) in [5.41, 5.74) is 1.16. The van der Waals surface area contributed by atoms with Gasteiger partial charge in [-0.05, 0) is 37.1 Å². The highest BCUT2D eigenvalue weighted by molar-refractivity contribution is 6.07. The number of nitrogens with zero attached hydrogens (tertiary/aromatic N) is 2. The summed E-state index contributed by atoms with van der Waals surface area (Å²) in [4.78, 5) is 30.0. The molecule has 0 saturated carbocycles. The number of hydrogen-bond acceptors (Lipinski definition) is 3. The Morgan fingerprint density at radius 2 is 1.32 bits per heavy atom. The highest BCUT2D eigenvalue weighted by Crippen LogP contribution is 2.28. The zero-order chi connectivity index (χ0) is 19.4. The summed E-state index contributed by atoms with van der Waals surface area (Å²) in [6.45, 7) is 2.28. The van der Waals surface area contributed by atoms with E-state index in [4.69, 9.17) is 0 Å². The van der Waals surface area contributed by atoms with Crippen LogP contribution < -0.4 is 5.32 Å². The van der Waals surface area contributed by atoms with Gasteiger partial charge in [0.05, 0.1) is 6.67 Å². The van der Waals surface area contributed by atoms with Crippen molar-refractivity contribution in [3.8, 4) is 0 Å². The Balaban J connectivity index is 1.60. The number of nitrogens with one attached hydrogen (secondary N) is 1. The van der Waals surface area contributed by atoms with Crippen LogP contribution in [0.3, 0.4) is 0 Å². The minimum atomic E-state index is -0.935. The molecule has 0 aliphatic carbocycles. The zero-order valence-electron chi connectivity index (χ0n) is 16.1. The number of piperidine rings is 1. The monoisotopic (exact) mass is 377 g/mol. The van der Waals surface area contributed by atoms with Crippen molar-refractivity contribution in [2.75, 3.05) is 19.8 Å². The van der Waals surface area contributed by atoms with Gasteiger partial charge >= 0.3 is 6.03 Å². The van der Waals surface area contributed by atoms with Crippen molar-refractivity contribution in [2.45, 2.75) is 37.6 Å². The van der Waals surface area contributed by atoms with Gasteiger partial charge in [0, 0.05) is 12.8 Å². The molecule has 5 heteroatoms. The second-order valence-electron chi connectivity index (χ2n) is 7.89. The molecule has 3 amide bonds. The normalized spacial score (nSPS) is 19.6. The smallest absolute Gasteiger partial charge is 0.322 e. The van der Waals surface area contributed by atoms with Crippen LogP contribution in [0.15, 0.2) is 60.7 Å². The standard InChI is InChI=1S/C23H27N3O2/c27-21-23(16-19-10-4-1-5-11-19,17-20-12-6-2-7-13-20)24-22(28)26(21)18-25-14-8-3-9-15-25/h1-2,4-7,10-13H,3,8-9,14-18H2,(H,24,28). The summed E-state index contributed by atoms with van der Waals surface area (Å²) in [5, 5.41) is 3.06. The van der Waals surface area contributed by atoms with Gasteiger partial charge in [0.25, 0.3) is 5.91 Å². The number of rotatable bonds is 6. The third-order valence-electron chi connectivity index (χ3n) is 5.73. The molecule has 2 aromatic rings. The number of benzene rings is 2. The van der Waals surface area contributed by atoms with Gasteiger partial charge in [-0.3, -0.25) is 9.69 Å². The minimum Gasteiger partial charge on any atom is -0.322 e. The van der Waals surface area contributed by atoms with Crippen LogP contribution in [-0.2, 0) is 17.6 Å². The van der Waals surface area contributed by atoms with Crippen molar-refractivity contribution in [1.82, 2.24) is 15.1 Å². The van der Waals surface area contributed by atoms with Gasteiger partial charge in [0.1, 0.15) is 5.54 Å². The van der Waals surface area contributed by atoms with Crippen LogP contribution in [0.5, 0.6) is 0 Å². The van der Waals surface area contributed by atoms with E-state index in [1.54, 1.807) is 0 Å². The molecular weight excluding hydrogens is 350 g/mol. The van der Waals surface area contributed by atoms with Crippen LogP contribution in [0, 0.1) is 0 Å². The molecule has 0 atom stereocenters. The molecule has 5 nitrogen and oxygen atoms in total. The Kier molecular flexibility index (Phi) is 5.44. The number of hydrogen-bond donors (Lipinski definition) is 1. The van der Waals surface area contributed by atoms with Gasteiger partial charge in [-0.25, -0.2) is 9.69 Å². The second kappa shape index (κ2) is 8.15. The molecule has 2 fully saturated rings. The maximum absolute atomic E-state index is 13.5. The summed E-state index contributed by atoms with van der Waals surface area (Å²) in [6, 6.07) is 19.6. The first-order valence-electron chi connectivity index (χ1n) is 10.1. The maximum Gasteiger partial charge on any atom is 0.326 e. The summed E-state index contributed by atoms with van der Waals surface area (Å²) >= 11 is 0. The van der Waals surface area contributed by atoms with E-state index >= 15 is 0 Å². The Bertz CT molecular complexity index is 775. The van der Waals surface area contributed by atoms with E-state index < -0.39 is 5.54 Å². The van der Waals surface area contributed by atoms with Gasteiger partial charge in [0.15, 0.2) is 0 Å². The van der Waals surface area contributed by atoms with Crippen LogP contribution in [0.25, 0.3) is 0 Å². The number of carbonyl (C=O) groups excluding carboxylic acids is 2. The molecule has 2 heterocycles. The van der Waals surface area contributed by atoms with E-state index in [1.165, 1.54) is 11.3 Å². The Morgan fingerprint density at radius 1 is 0.786 bits per heavy atom. The van der Waals surface area contributed by atoms with Crippen LogP contribution in [-0.4, -0.2) is 47.0 Å². The number of amides is 3. The van der Waals surface area contributed by atoms with E-state index in [0.717, 1.165) is 37.1 Å². The minimum absolute atomic E-state index is 0.115. The molecular formula is C23H27N3O2. The van der Waals surface area contributed by atoms with Gasteiger partial charge in [-0.2, -0.15) is 0 Å². The first kappa shape index (κ1) is 18.7. The van der Waals surface area contributed by atoms with E-state index in [9.17, 15) is 9.59 Å². The fraction of sp³-hybridized carbons (Fsp3) is 0.391. The van der Waals surface area contributed by atoms with E-state index in [1.807, 2.05) is 60.7 Å². The van der Waals surface area contributed by atoms with E-state index in [-0.39, 0.29) is 11.9 Å². The molecule has 0 aromatic heterocycles. The maximum atomic E-state index is 13.5. The van der Waals surface area contributed by atoms with Gasteiger partial charge in [-0.1, -0.05) is 67.1 Å². The van der Waals surface area contributed by atoms with Crippen LogP contribution in [0.2, 0.25) is 0 Å². The predicted molar refractivity (Wildman–Crippen MR) is 109 cm³/mol. The lowest BCUT2D eigenvalue weighted by Crippen LogP contribution is -2.51. The van der Waals surface area contributed by atoms with E-state index in [2.05, 4.69) is 10.2 Å². The summed E-state index contributed by atoms with van der Waals surface area (Å²) in [6.07, 6.45) is 4.46. The zero-order valence-corrected chi connectivity index (χ0v) is 16.1. The fourth-order valence-corrected chi connectivity index (χ4v) is 4.30. The largest absolute Gasteiger partial charge is 0.326 e. The lowest BCUT2D eigenvalue weighted by molar-refractivity contribution is -0.133. The molecule has 0 radical (unpaired) electrons. The number of likely N-dealkylation sites (tertiary alicyclic amines) is 1. The first-order chi connectivity index (χ1) is 13.7. The molecule has 2 aromatic carbocycles. The first-order valence-corrected chi connectivity index (χ1v) is 10.1. The molecule has 4 rings (SSSR count). The van der Waals surface area contributed by atoms with Crippen LogP contribution >= 0.6 is 0 Å². The number of urea groups is 1. The Labute approximate surface area is 166 Å². The Hall–Kier alpha value is -2.66. The lowest BCUT2D eigenvalue weighted by atomic mass is 9.84. The molecule has 2 saturated heterocycles. The molecule has 2 aliphatic rings. The van der Waals surface area contributed by atoms with E-state index in [0.29, 0.717) is 19.5 Å². The molecule has 146 valence electrons. The molecule has 0 bridgehead atoms. The molecule has 1 N–H and O–H groups in total. The summed E-state index contributed by atoms with van der Waals surface area (Å²) in [5.74, 6) is -0.115. The third kappa shape index (κ3) is 3.94. The summed E-state index contributed by atoms with van der Waals surface area (Å²) < 4.78 is 0. The van der Waals surface area contributed by atoms with Crippen molar-refractivity contribution >= 4 is 11.9 Å². The topological polar surface area (TPSA) is 52.7 Å². The van der Waals surface area contributed by atoms with Crippen molar-refractivity contribution in [2.24, 2.45) is 0 Å². The average molecular weight is 377 g/mol. The molecule has 0 spiro atoms. The van der Waals surface area contributed by atoms with Crippen molar-refractivity contribution < 1.29 is 9.59 Å². The molecule has 28 heavy (non-hydrogen) atoms. The SMILES string of the molecule is O=C1NC(Cc2ccccc2)(Cc2ccccc2)C(=O)N1CN1CCCCC1. The van der Waals surface area contributed by atoms with Gasteiger partial charge in [0.2, 0.25) is 0 Å². The van der Waals surface area contributed by atoms with Crippen molar-refractivity contribution in [3.63, 3.8) is 0 Å². The number of carbonyl (C=O) groups is 2. The summed E-state index contributed by atoms with van der Waals surface area (Å²) in [7, 11) is 0. The predicted octanol–water partition coefficient (Wildman–Crippen LogP) is 3.21. The second-order valence-corrected chi connectivity index (χ2v) is 7.89. The van der Waals surface area contributed by atoms with Gasteiger partial charge in [-0.15, -0.1) is 0 Å². The highest BCUT2D eigenvalue weighted by atomic mass is 16.2. The molecule has 0 unspecified atom stereocenters. The number of imide groups is 1. The average Bonchev–Trinajstić information content (AvgIpc) is 2.94. The highest BCUT2D eigenvalue weighted by Gasteiger charge is 2.51. The van der Waals surface area contributed by atoms with Crippen molar-refractivity contribution in [1.29, 1.82) is 0 Å². The Morgan fingerprint density at radius 3 is 1.86 bits per heavy atom. The van der Waals surface area contributed by atoms with Crippen LogP contribution in [0.4, 0.5) is 4.79 Å². The third-order valence-corrected chi connectivity index (χ3v) is 5.73. The van der Waals surface area contributed by atoms with Gasteiger partial charge < -0.3 is 5.32 Å². The fourth-order valence-electron chi connectivity index (χ4n) is 4.30. The van der Waals surface area contributed by atoms with Crippen molar-refractivity contribution in [3.05, 3.63) is 71.8 Å². The lowest BCUT2D eigenvalue weighted by Gasteiger charge is -2.31.